The summed E-state index contributed by atoms with van der Waals surface area (Å²) in [5, 5.41) is 12.7. The number of hydrogen-bond donors (Lipinski definition) is 3. The van der Waals surface area contributed by atoms with Gasteiger partial charge in [-0.2, -0.15) is 0 Å². The second-order valence-electron chi connectivity index (χ2n) is 6.43. The molecule has 0 aliphatic carbocycles. The number of allylic oxidation sites excluding steroid dienone is 1. The Bertz CT molecular complexity index is 642. The topological polar surface area (TPSA) is 135 Å². The number of carbonyl (C=O) groups excluding carboxylic acids is 4. The maximum absolute atomic E-state index is 12.4. The Labute approximate surface area is 172 Å². The first-order chi connectivity index (χ1) is 13.7. The Morgan fingerprint density at radius 3 is 2.10 bits per heavy atom. The highest BCUT2D eigenvalue weighted by atomic mass is 16.5. The lowest BCUT2D eigenvalue weighted by Gasteiger charge is -2.17. The molecule has 3 N–H and O–H groups in total. The zero-order valence-corrected chi connectivity index (χ0v) is 18.0. The second-order valence-corrected chi connectivity index (χ2v) is 6.43. The van der Waals surface area contributed by atoms with Gasteiger partial charge in [-0.1, -0.05) is 18.9 Å². The number of ether oxygens (including phenoxy) is 2. The van der Waals surface area contributed by atoms with Crippen LogP contribution in [0.2, 0.25) is 0 Å². The lowest BCUT2D eigenvalue weighted by Crippen LogP contribution is -2.46. The molecule has 0 saturated heterocycles. The summed E-state index contributed by atoms with van der Waals surface area (Å²) >= 11 is 0. The van der Waals surface area contributed by atoms with Crippen molar-refractivity contribution in [3.63, 3.8) is 0 Å². The molecule has 0 fully saturated rings. The van der Waals surface area contributed by atoms with Crippen molar-refractivity contribution in [2.45, 2.75) is 66.3 Å². The fourth-order valence-corrected chi connectivity index (χ4v) is 2.67. The van der Waals surface area contributed by atoms with E-state index in [1.54, 1.807) is 20.8 Å². The van der Waals surface area contributed by atoms with Gasteiger partial charge >= 0.3 is 11.9 Å². The van der Waals surface area contributed by atoms with Crippen LogP contribution < -0.4 is 10.6 Å². The monoisotopic (exact) mass is 411 g/mol. The summed E-state index contributed by atoms with van der Waals surface area (Å²) in [4.78, 5) is 48.1. The summed E-state index contributed by atoms with van der Waals surface area (Å²) in [6.07, 6.45) is 1.47. The molecule has 0 aliphatic heterocycles. The van der Waals surface area contributed by atoms with E-state index in [0.717, 1.165) is 12.0 Å². The Hall–Kier alpha value is -2.71. The van der Waals surface area contributed by atoms with E-state index in [0.29, 0.717) is 6.42 Å². The largest absolute Gasteiger partial charge is 0.466 e. The molecular weight excluding hydrogens is 378 g/mol. The van der Waals surface area contributed by atoms with Crippen molar-refractivity contribution in [2.24, 2.45) is 0 Å². The highest BCUT2D eigenvalue weighted by Crippen LogP contribution is 2.12. The van der Waals surface area contributed by atoms with Gasteiger partial charge in [0.2, 0.25) is 5.91 Å². The van der Waals surface area contributed by atoms with Crippen LogP contribution in [0.1, 0.15) is 60.3 Å². The Morgan fingerprint density at radius 2 is 1.59 bits per heavy atom. The molecule has 9 heteroatoms. The average Bonchev–Trinajstić information content (AvgIpc) is 2.63. The molecule has 164 valence electrons. The molecule has 1 unspecified atom stereocenters. The Kier molecular flexibility index (Phi) is 13.0. The van der Waals surface area contributed by atoms with E-state index in [4.69, 9.17) is 14.9 Å². The maximum atomic E-state index is 12.4. The number of amides is 2. The van der Waals surface area contributed by atoms with Crippen LogP contribution >= 0.6 is 0 Å². The molecule has 0 heterocycles. The van der Waals surface area contributed by atoms with Gasteiger partial charge in [0.1, 0.15) is 6.04 Å². The van der Waals surface area contributed by atoms with Gasteiger partial charge in [-0.15, -0.1) is 0 Å². The lowest BCUT2D eigenvalue weighted by atomic mass is 10.0. The van der Waals surface area contributed by atoms with E-state index in [1.807, 2.05) is 6.92 Å². The van der Waals surface area contributed by atoms with Crippen LogP contribution in [-0.4, -0.2) is 55.3 Å². The minimum Gasteiger partial charge on any atom is -0.466 e. The highest BCUT2D eigenvalue weighted by Gasteiger charge is 2.24. The molecule has 0 bridgehead atoms. The van der Waals surface area contributed by atoms with Crippen LogP contribution in [0.5, 0.6) is 0 Å². The van der Waals surface area contributed by atoms with Gasteiger partial charge in [-0.05, 0) is 40.5 Å². The van der Waals surface area contributed by atoms with Crippen LogP contribution in [0, 0.1) is 5.41 Å². The van der Waals surface area contributed by atoms with Gasteiger partial charge in [0.15, 0.2) is 0 Å². The third kappa shape index (κ3) is 10.4. The van der Waals surface area contributed by atoms with Gasteiger partial charge in [-0.3, -0.25) is 14.4 Å². The SMILES string of the molecule is CCC/C(C)=C(\C(C)=N)C(=O)NCC(=O)NC(CCC(=O)OCC)C(=O)OCC. The number of rotatable bonds is 13. The van der Waals surface area contributed by atoms with Crippen molar-refractivity contribution < 1.29 is 28.7 Å². The Balaban J connectivity index is 4.94. The first kappa shape index (κ1) is 26.3. The van der Waals surface area contributed by atoms with Crippen molar-refractivity contribution in [2.75, 3.05) is 19.8 Å². The molecule has 0 aromatic carbocycles. The molecule has 2 amide bonds. The zero-order valence-electron chi connectivity index (χ0n) is 18.0. The van der Waals surface area contributed by atoms with E-state index in [-0.39, 0.29) is 43.9 Å². The summed E-state index contributed by atoms with van der Waals surface area (Å²) in [7, 11) is 0. The van der Waals surface area contributed by atoms with E-state index in [2.05, 4.69) is 10.6 Å². The summed E-state index contributed by atoms with van der Waals surface area (Å²) in [5.74, 6) is -2.26. The Morgan fingerprint density at radius 1 is 0.966 bits per heavy atom. The molecule has 0 aromatic rings. The number of hydrogen-bond acceptors (Lipinski definition) is 7. The van der Waals surface area contributed by atoms with Crippen LogP contribution in [-0.2, 0) is 28.7 Å². The minimum absolute atomic E-state index is 0.0255. The maximum Gasteiger partial charge on any atom is 0.328 e. The average molecular weight is 411 g/mol. The quantitative estimate of drug-likeness (QED) is 0.240. The van der Waals surface area contributed by atoms with Gasteiger partial charge in [0, 0.05) is 12.1 Å². The molecule has 0 aliphatic rings. The normalized spacial score (nSPS) is 12.3. The smallest absolute Gasteiger partial charge is 0.328 e. The van der Waals surface area contributed by atoms with Gasteiger partial charge in [0.05, 0.1) is 25.3 Å². The van der Waals surface area contributed by atoms with Crippen molar-refractivity contribution in [3.8, 4) is 0 Å². The molecule has 1 atom stereocenters. The zero-order chi connectivity index (χ0) is 22.4. The van der Waals surface area contributed by atoms with Crippen LogP contribution in [0.15, 0.2) is 11.1 Å². The summed E-state index contributed by atoms with van der Waals surface area (Å²) in [6, 6.07) is -1.02. The summed E-state index contributed by atoms with van der Waals surface area (Å²) in [5.41, 5.74) is 1.15. The minimum atomic E-state index is -1.02. The molecule has 9 nitrogen and oxygen atoms in total. The van der Waals surface area contributed by atoms with E-state index in [1.165, 1.54) is 6.92 Å². The van der Waals surface area contributed by atoms with Crippen molar-refractivity contribution >= 4 is 29.5 Å². The van der Waals surface area contributed by atoms with Crippen molar-refractivity contribution in [1.29, 1.82) is 5.41 Å². The first-order valence-corrected chi connectivity index (χ1v) is 9.82. The van der Waals surface area contributed by atoms with E-state index < -0.39 is 29.8 Å². The van der Waals surface area contributed by atoms with Gasteiger partial charge in [0.25, 0.3) is 5.91 Å². The van der Waals surface area contributed by atoms with Crippen molar-refractivity contribution in [1.82, 2.24) is 10.6 Å². The van der Waals surface area contributed by atoms with Crippen molar-refractivity contribution in [3.05, 3.63) is 11.1 Å². The third-order valence-corrected chi connectivity index (χ3v) is 3.91. The first-order valence-electron chi connectivity index (χ1n) is 9.82. The predicted molar refractivity (Wildman–Crippen MR) is 108 cm³/mol. The summed E-state index contributed by atoms with van der Waals surface area (Å²) in [6.45, 7) is 8.55. The molecule has 0 saturated carbocycles. The molecule has 0 aromatic heterocycles. The second kappa shape index (κ2) is 14.3. The molecule has 0 radical (unpaired) electrons. The van der Waals surface area contributed by atoms with Crippen LogP contribution in [0.4, 0.5) is 0 Å². The predicted octanol–water partition coefficient (Wildman–Crippen LogP) is 1.65. The van der Waals surface area contributed by atoms with Crippen LogP contribution in [0.3, 0.4) is 0 Å². The molecule has 0 rings (SSSR count). The molecular formula is C20H33N3O6. The van der Waals surface area contributed by atoms with E-state index in [9.17, 15) is 19.2 Å². The van der Waals surface area contributed by atoms with E-state index >= 15 is 0 Å². The number of nitrogens with one attached hydrogen (secondary N) is 3. The van der Waals surface area contributed by atoms with Gasteiger partial charge < -0.3 is 25.5 Å². The fourth-order valence-electron chi connectivity index (χ4n) is 2.67. The number of esters is 2. The van der Waals surface area contributed by atoms with Gasteiger partial charge in [-0.25, -0.2) is 4.79 Å². The highest BCUT2D eigenvalue weighted by molar-refractivity contribution is 6.20. The molecule has 29 heavy (non-hydrogen) atoms. The fraction of sp³-hybridized carbons (Fsp3) is 0.650. The standard InChI is InChI=1S/C20H33N3O6/c1-6-9-13(4)18(14(5)21)19(26)22-12-16(24)23-15(20(27)29-8-3)10-11-17(25)28-7-2/h15,21H,6-12H2,1-5H3,(H,22,26)(H,23,24)/b18-13+,21-14?. The third-order valence-electron chi connectivity index (χ3n) is 3.91. The molecule has 0 spiro atoms. The summed E-state index contributed by atoms with van der Waals surface area (Å²) < 4.78 is 9.74. The number of carbonyl (C=O) groups is 4. The lowest BCUT2D eigenvalue weighted by molar-refractivity contribution is -0.148. The van der Waals surface area contributed by atoms with Crippen LogP contribution in [0.25, 0.3) is 0 Å².